The standard InChI is InChI=1S/C16H12N2OS/c1-9-2-3-11-10(8-17-14(11)6-9)7-13-12-4-5-20-16(12)18-15(13)19/h2-8,17H,1H3,(H,18,19)/b13-7-. The molecule has 0 spiro atoms. The Morgan fingerprint density at radius 2 is 2.15 bits per heavy atom. The monoisotopic (exact) mass is 280 g/mol. The third kappa shape index (κ3) is 1.62. The maximum Gasteiger partial charge on any atom is 0.257 e. The topological polar surface area (TPSA) is 44.9 Å². The first-order valence-electron chi connectivity index (χ1n) is 6.41. The highest BCUT2D eigenvalue weighted by atomic mass is 32.1. The molecule has 0 atom stereocenters. The number of rotatable bonds is 1. The number of amides is 1. The van der Waals surface area contributed by atoms with E-state index in [1.807, 2.05) is 23.7 Å². The van der Waals surface area contributed by atoms with Gasteiger partial charge >= 0.3 is 0 Å². The first-order valence-corrected chi connectivity index (χ1v) is 7.29. The lowest BCUT2D eigenvalue weighted by Gasteiger charge is -1.97. The van der Waals surface area contributed by atoms with Gasteiger partial charge in [-0.1, -0.05) is 12.1 Å². The van der Waals surface area contributed by atoms with Gasteiger partial charge in [0.1, 0.15) is 5.00 Å². The molecule has 3 heterocycles. The van der Waals surface area contributed by atoms with Gasteiger partial charge in [-0.05, 0) is 36.1 Å². The predicted octanol–water partition coefficient (Wildman–Crippen LogP) is 4.03. The van der Waals surface area contributed by atoms with Crippen LogP contribution in [0.1, 0.15) is 16.7 Å². The van der Waals surface area contributed by atoms with Crippen molar-refractivity contribution in [3.63, 3.8) is 0 Å². The predicted molar refractivity (Wildman–Crippen MR) is 83.9 cm³/mol. The van der Waals surface area contributed by atoms with Gasteiger partial charge in [-0.3, -0.25) is 4.79 Å². The number of hydrogen-bond donors (Lipinski definition) is 2. The highest BCUT2D eigenvalue weighted by Crippen LogP contribution is 2.37. The Kier molecular flexibility index (Phi) is 2.35. The number of H-pyrrole nitrogens is 1. The summed E-state index contributed by atoms with van der Waals surface area (Å²) in [6.45, 7) is 2.07. The van der Waals surface area contributed by atoms with E-state index in [0.717, 1.165) is 32.6 Å². The van der Waals surface area contributed by atoms with Crippen LogP contribution in [0.25, 0.3) is 22.6 Å². The van der Waals surface area contributed by atoms with Gasteiger partial charge in [0.25, 0.3) is 5.91 Å². The van der Waals surface area contributed by atoms with E-state index in [1.54, 1.807) is 11.3 Å². The molecule has 4 rings (SSSR count). The van der Waals surface area contributed by atoms with E-state index in [4.69, 9.17) is 0 Å². The van der Waals surface area contributed by atoms with Gasteiger partial charge in [-0.2, -0.15) is 0 Å². The molecule has 0 saturated heterocycles. The summed E-state index contributed by atoms with van der Waals surface area (Å²) in [6.07, 6.45) is 3.91. The number of hydrogen-bond acceptors (Lipinski definition) is 2. The van der Waals surface area contributed by atoms with E-state index in [0.29, 0.717) is 0 Å². The number of nitrogens with one attached hydrogen (secondary N) is 2. The normalized spacial score (nSPS) is 15.8. The number of benzene rings is 1. The van der Waals surface area contributed by atoms with Crippen LogP contribution in [-0.4, -0.2) is 10.9 Å². The molecule has 0 saturated carbocycles. The molecule has 2 aromatic heterocycles. The zero-order valence-corrected chi connectivity index (χ0v) is 11.7. The van der Waals surface area contributed by atoms with E-state index < -0.39 is 0 Å². The first-order chi connectivity index (χ1) is 9.72. The maximum absolute atomic E-state index is 12.0. The Morgan fingerprint density at radius 1 is 1.25 bits per heavy atom. The lowest BCUT2D eigenvalue weighted by molar-refractivity contribution is -0.110. The molecular weight excluding hydrogens is 268 g/mol. The molecule has 1 aliphatic heterocycles. The van der Waals surface area contributed by atoms with Crippen LogP contribution in [0, 0.1) is 6.92 Å². The molecule has 0 fully saturated rings. The molecule has 1 aliphatic rings. The van der Waals surface area contributed by atoms with Crippen molar-refractivity contribution in [2.45, 2.75) is 6.92 Å². The second-order valence-corrected chi connectivity index (χ2v) is 5.88. The highest BCUT2D eigenvalue weighted by molar-refractivity contribution is 7.15. The van der Waals surface area contributed by atoms with Crippen molar-refractivity contribution in [1.29, 1.82) is 0 Å². The van der Waals surface area contributed by atoms with E-state index >= 15 is 0 Å². The fourth-order valence-electron chi connectivity index (χ4n) is 2.59. The summed E-state index contributed by atoms with van der Waals surface area (Å²) in [5, 5.41) is 6.97. The van der Waals surface area contributed by atoms with Gasteiger partial charge in [0.15, 0.2) is 0 Å². The zero-order valence-electron chi connectivity index (χ0n) is 10.9. The molecule has 0 radical (unpaired) electrons. The number of carbonyl (C=O) groups is 1. The average molecular weight is 280 g/mol. The number of fused-ring (bicyclic) bond motifs is 2. The molecule has 2 N–H and O–H groups in total. The van der Waals surface area contributed by atoms with Crippen LogP contribution >= 0.6 is 11.3 Å². The van der Waals surface area contributed by atoms with Gasteiger partial charge in [0, 0.05) is 28.2 Å². The number of aryl methyl sites for hydroxylation is 1. The fourth-order valence-corrected chi connectivity index (χ4v) is 3.39. The second kappa shape index (κ2) is 4.08. The van der Waals surface area contributed by atoms with Crippen LogP contribution in [0.4, 0.5) is 5.00 Å². The molecule has 3 aromatic rings. The van der Waals surface area contributed by atoms with Crippen molar-refractivity contribution >= 4 is 44.8 Å². The smallest absolute Gasteiger partial charge is 0.257 e. The Balaban J connectivity index is 1.89. The van der Waals surface area contributed by atoms with Crippen molar-refractivity contribution in [1.82, 2.24) is 4.98 Å². The van der Waals surface area contributed by atoms with E-state index in [9.17, 15) is 4.79 Å². The minimum Gasteiger partial charge on any atom is -0.361 e. The van der Waals surface area contributed by atoms with Crippen molar-refractivity contribution in [3.8, 4) is 0 Å². The number of aromatic amines is 1. The molecule has 3 nitrogen and oxygen atoms in total. The Hall–Kier alpha value is -2.33. The Morgan fingerprint density at radius 3 is 3.05 bits per heavy atom. The van der Waals surface area contributed by atoms with Crippen LogP contribution in [0.3, 0.4) is 0 Å². The lowest BCUT2D eigenvalue weighted by Crippen LogP contribution is -2.03. The van der Waals surface area contributed by atoms with Crippen LogP contribution in [0.15, 0.2) is 35.8 Å². The molecule has 20 heavy (non-hydrogen) atoms. The van der Waals surface area contributed by atoms with Crippen LogP contribution < -0.4 is 5.32 Å². The van der Waals surface area contributed by atoms with Crippen LogP contribution in [0.2, 0.25) is 0 Å². The van der Waals surface area contributed by atoms with Crippen LogP contribution in [-0.2, 0) is 4.79 Å². The summed E-state index contributed by atoms with van der Waals surface area (Å²) in [7, 11) is 0. The molecule has 0 aliphatic carbocycles. The maximum atomic E-state index is 12.0. The van der Waals surface area contributed by atoms with Gasteiger partial charge < -0.3 is 10.3 Å². The van der Waals surface area contributed by atoms with Crippen molar-refractivity contribution in [2.75, 3.05) is 5.32 Å². The minimum absolute atomic E-state index is 0.0201. The van der Waals surface area contributed by atoms with Crippen molar-refractivity contribution < 1.29 is 4.79 Å². The van der Waals surface area contributed by atoms with Crippen molar-refractivity contribution in [2.24, 2.45) is 0 Å². The van der Waals surface area contributed by atoms with Gasteiger partial charge in [0.05, 0.1) is 5.57 Å². The summed E-state index contributed by atoms with van der Waals surface area (Å²) in [5.74, 6) is -0.0201. The molecular formula is C16H12N2OS. The summed E-state index contributed by atoms with van der Waals surface area (Å²) >= 11 is 1.56. The number of carbonyl (C=O) groups excluding carboxylic acids is 1. The number of aromatic nitrogens is 1. The zero-order chi connectivity index (χ0) is 13.7. The largest absolute Gasteiger partial charge is 0.361 e. The molecule has 4 heteroatoms. The van der Waals surface area contributed by atoms with Gasteiger partial charge in [-0.15, -0.1) is 11.3 Å². The summed E-state index contributed by atoms with van der Waals surface area (Å²) in [6, 6.07) is 8.28. The number of thiophene rings is 1. The van der Waals surface area contributed by atoms with Crippen LogP contribution in [0.5, 0.6) is 0 Å². The van der Waals surface area contributed by atoms with E-state index in [1.165, 1.54) is 5.56 Å². The highest BCUT2D eigenvalue weighted by Gasteiger charge is 2.25. The summed E-state index contributed by atoms with van der Waals surface area (Å²) in [5.41, 5.74) is 5.10. The fraction of sp³-hybridized carbons (Fsp3) is 0.0625. The lowest BCUT2D eigenvalue weighted by atomic mass is 10.1. The SMILES string of the molecule is Cc1ccc2c(/C=C3\C(=O)Nc4sccc43)c[nH]c2c1. The Labute approximate surface area is 119 Å². The van der Waals surface area contributed by atoms with E-state index in [2.05, 4.69) is 35.4 Å². The second-order valence-electron chi connectivity index (χ2n) is 4.97. The quantitative estimate of drug-likeness (QED) is 0.649. The number of anilines is 1. The third-order valence-electron chi connectivity index (χ3n) is 3.60. The van der Waals surface area contributed by atoms with Gasteiger partial charge in [0.2, 0.25) is 0 Å². The molecule has 1 amide bonds. The molecule has 0 unspecified atom stereocenters. The Bertz CT molecular complexity index is 870. The first kappa shape index (κ1) is 11.5. The summed E-state index contributed by atoms with van der Waals surface area (Å²) < 4.78 is 0. The van der Waals surface area contributed by atoms with E-state index in [-0.39, 0.29) is 5.91 Å². The van der Waals surface area contributed by atoms with Crippen molar-refractivity contribution in [3.05, 3.63) is 52.5 Å². The van der Waals surface area contributed by atoms with Gasteiger partial charge in [-0.25, -0.2) is 0 Å². The average Bonchev–Trinajstić information content (AvgIpc) is 3.08. The molecule has 0 bridgehead atoms. The summed E-state index contributed by atoms with van der Waals surface area (Å²) in [4.78, 5) is 15.3. The molecule has 1 aromatic carbocycles. The molecule has 98 valence electrons. The minimum atomic E-state index is -0.0201. The third-order valence-corrected chi connectivity index (χ3v) is 4.43.